The molecule has 142 valence electrons. The van der Waals surface area contributed by atoms with Crippen molar-refractivity contribution in [2.45, 2.75) is 26.5 Å². The van der Waals surface area contributed by atoms with Crippen molar-refractivity contribution >= 4 is 0 Å². The topological polar surface area (TPSA) is 39.1 Å². The summed E-state index contributed by atoms with van der Waals surface area (Å²) in [7, 11) is 1.69. The van der Waals surface area contributed by atoms with Gasteiger partial charge in [-0.2, -0.15) is 5.10 Å². The molecule has 3 aromatic rings. The molecule has 3 rings (SSSR count). The number of methoxy groups -OCH3 is 1. The fourth-order valence-electron chi connectivity index (χ4n) is 3.15. The molecule has 0 aliphatic carbocycles. The number of hydrogen-bond donors (Lipinski definition) is 1. The minimum Gasteiger partial charge on any atom is -0.375 e. The van der Waals surface area contributed by atoms with E-state index in [1.807, 2.05) is 44.2 Å². The molecular weight excluding hydrogens is 348 g/mol. The Hall–Kier alpha value is -2.57. The zero-order valence-corrected chi connectivity index (χ0v) is 15.7. The molecule has 1 aromatic heterocycles. The van der Waals surface area contributed by atoms with E-state index in [0.29, 0.717) is 13.1 Å². The third-order valence-electron chi connectivity index (χ3n) is 4.67. The van der Waals surface area contributed by atoms with Crippen molar-refractivity contribution in [1.29, 1.82) is 0 Å². The maximum Gasteiger partial charge on any atom is 0.151 e. The molecule has 0 spiro atoms. The van der Waals surface area contributed by atoms with Crippen molar-refractivity contribution < 1.29 is 13.5 Å². The Balaban J connectivity index is 1.73. The number of aromatic nitrogens is 2. The second-order valence-electron chi connectivity index (χ2n) is 6.42. The molecular formula is C21H23F2N3O. The predicted molar refractivity (Wildman–Crippen MR) is 101 cm³/mol. The highest BCUT2D eigenvalue weighted by molar-refractivity contribution is 5.38. The Kier molecular flexibility index (Phi) is 5.98. The summed E-state index contributed by atoms with van der Waals surface area (Å²) in [4.78, 5) is 0. The minimum absolute atomic E-state index is 0.0589. The lowest BCUT2D eigenvalue weighted by Gasteiger charge is -2.16. The van der Waals surface area contributed by atoms with Crippen LogP contribution in [0.5, 0.6) is 0 Å². The first kappa shape index (κ1) is 19.2. The molecule has 0 radical (unpaired) electrons. The first-order chi connectivity index (χ1) is 13.0. The van der Waals surface area contributed by atoms with Crippen LogP contribution in [-0.4, -0.2) is 23.4 Å². The van der Waals surface area contributed by atoms with Crippen molar-refractivity contribution in [3.05, 3.63) is 82.7 Å². The van der Waals surface area contributed by atoms with Crippen LogP contribution in [0.2, 0.25) is 0 Å². The number of hydrogen-bond acceptors (Lipinski definition) is 3. The molecule has 2 aromatic carbocycles. The van der Waals surface area contributed by atoms with Gasteiger partial charge in [0.15, 0.2) is 5.82 Å². The van der Waals surface area contributed by atoms with Gasteiger partial charge < -0.3 is 10.1 Å². The highest BCUT2D eigenvalue weighted by Crippen LogP contribution is 2.21. The Morgan fingerprint density at radius 2 is 1.85 bits per heavy atom. The lowest BCUT2D eigenvalue weighted by Crippen LogP contribution is -2.23. The van der Waals surface area contributed by atoms with Crippen LogP contribution >= 0.6 is 0 Å². The first-order valence-electron chi connectivity index (χ1n) is 8.80. The zero-order valence-electron chi connectivity index (χ0n) is 15.7. The maximum atomic E-state index is 14.1. The smallest absolute Gasteiger partial charge is 0.151 e. The molecule has 1 atom stereocenters. The summed E-state index contributed by atoms with van der Waals surface area (Å²) in [6.45, 7) is 4.97. The Morgan fingerprint density at radius 3 is 2.52 bits per heavy atom. The van der Waals surface area contributed by atoms with Crippen LogP contribution in [0.3, 0.4) is 0 Å². The fraction of sp³-hybridized carbons (Fsp3) is 0.286. The van der Waals surface area contributed by atoms with E-state index in [2.05, 4.69) is 10.4 Å². The van der Waals surface area contributed by atoms with Gasteiger partial charge in [-0.25, -0.2) is 13.5 Å². The van der Waals surface area contributed by atoms with Crippen LogP contribution in [-0.2, 0) is 11.3 Å². The van der Waals surface area contributed by atoms with Crippen LogP contribution in [0.4, 0.5) is 8.78 Å². The van der Waals surface area contributed by atoms with Crippen molar-refractivity contribution in [2.75, 3.05) is 13.7 Å². The van der Waals surface area contributed by atoms with Crippen LogP contribution in [0.15, 0.2) is 48.5 Å². The van der Waals surface area contributed by atoms with Crippen molar-refractivity contribution in [2.24, 2.45) is 0 Å². The van der Waals surface area contributed by atoms with Gasteiger partial charge in [-0.15, -0.1) is 0 Å². The molecule has 0 fully saturated rings. The number of benzene rings is 2. The van der Waals surface area contributed by atoms with Crippen LogP contribution in [0.25, 0.3) is 5.69 Å². The third-order valence-corrected chi connectivity index (χ3v) is 4.67. The standard InChI is InChI=1S/C21H23F2N3O/c1-14-18(12-24-13-21(27-3)16-7-5-4-6-8-16)15(2)26(25-14)20-10-9-17(22)11-19(20)23/h4-11,21,24H,12-13H2,1-3H3/t21-/m0/s1. The average molecular weight is 371 g/mol. The fourth-order valence-corrected chi connectivity index (χ4v) is 3.15. The quantitative estimate of drug-likeness (QED) is 0.675. The summed E-state index contributed by atoms with van der Waals surface area (Å²) in [6.07, 6.45) is -0.0589. The van der Waals surface area contributed by atoms with E-state index in [9.17, 15) is 8.78 Å². The van der Waals surface area contributed by atoms with E-state index in [-0.39, 0.29) is 11.8 Å². The zero-order chi connectivity index (χ0) is 19.4. The van der Waals surface area contributed by atoms with Gasteiger partial charge in [-0.1, -0.05) is 30.3 Å². The molecule has 0 saturated carbocycles. The molecule has 0 aliphatic heterocycles. The molecule has 0 amide bonds. The molecule has 0 aliphatic rings. The van der Waals surface area contributed by atoms with Gasteiger partial charge >= 0.3 is 0 Å². The summed E-state index contributed by atoms with van der Waals surface area (Å²) >= 11 is 0. The van der Waals surface area contributed by atoms with E-state index >= 15 is 0 Å². The molecule has 1 N–H and O–H groups in total. The number of halogens is 2. The van der Waals surface area contributed by atoms with Crippen LogP contribution < -0.4 is 5.32 Å². The van der Waals surface area contributed by atoms with E-state index in [0.717, 1.165) is 28.6 Å². The monoisotopic (exact) mass is 371 g/mol. The Labute approximate surface area is 157 Å². The molecule has 0 saturated heterocycles. The number of nitrogens with zero attached hydrogens (tertiary/aromatic N) is 2. The van der Waals surface area contributed by atoms with Gasteiger partial charge in [-0.05, 0) is 31.5 Å². The van der Waals surface area contributed by atoms with Crippen molar-refractivity contribution in [3.8, 4) is 5.69 Å². The summed E-state index contributed by atoms with van der Waals surface area (Å²) in [5.41, 5.74) is 3.95. The lowest BCUT2D eigenvalue weighted by molar-refractivity contribution is 0.102. The van der Waals surface area contributed by atoms with Gasteiger partial charge in [-0.3, -0.25) is 0 Å². The highest BCUT2D eigenvalue weighted by atomic mass is 19.1. The largest absolute Gasteiger partial charge is 0.375 e. The summed E-state index contributed by atoms with van der Waals surface area (Å²) < 4.78 is 34.4. The van der Waals surface area contributed by atoms with E-state index in [1.54, 1.807) is 7.11 Å². The minimum atomic E-state index is -0.636. The molecule has 0 bridgehead atoms. The average Bonchev–Trinajstić information content (AvgIpc) is 2.94. The lowest BCUT2D eigenvalue weighted by atomic mass is 10.1. The summed E-state index contributed by atoms with van der Waals surface area (Å²) in [5, 5.41) is 7.82. The summed E-state index contributed by atoms with van der Waals surface area (Å²) in [5.74, 6) is -1.24. The van der Waals surface area contributed by atoms with Gasteiger partial charge in [0.05, 0.1) is 11.8 Å². The van der Waals surface area contributed by atoms with Crippen molar-refractivity contribution in [1.82, 2.24) is 15.1 Å². The number of aryl methyl sites for hydroxylation is 1. The third kappa shape index (κ3) is 4.23. The first-order valence-corrected chi connectivity index (χ1v) is 8.80. The van der Waals surface area contributed by atoms with E-state index < -0.39 is 11.6 Å². The Bertz CT molecular complexity index is 909. The maximum absolute atomic E-state index is 14.1. The van der Waals surface area contributed by atoms with Crippen LogP contribution in [0, 0.1) is 25.5 Å². The highest BCUT2D eigenvalue weighted by Gasteiger charge is 2.16. The second-order valence-corrected chi connectivity index (χ2v) is 6.42. The molecule has 0 unspecified atom stereocenters. The molecule has 1 heterocycles. The van der Waals surface area contributed by atoms with Crippen molar-refractivity contribution in [3.63, 3.8) is 0 Å². The molecule has 4 nitrogen and oxygen atoms in total. The summed E-state index contributed by atoms with van der Waals surface area (Å²) in [6, 6.07) is 13.5. The van der Waals surface area contributed by atoms with E-state index in [4.69, 9.17) is 4.74 Å². The molecule has 27 heavy (non-hydrogen) atoms. The normalized spacial score (nSPS) is 12.3. The van der Waals surface area contributed by atoms with Gasteiger partial charge in [0.2, 0.25) is 0 Å². The SMILES string of the molecule is CO[C@@H](CNCc1c(C)nn(-c2ccc(F)cc2F)c1C)c1ccccc1. The van der Waals surface area contributed by atoms with E-state index in [1.165, 1.54) is 16.8 Å². The number of ether oxygens (including phenoxy) is 1. The molecule has 6 heteroatoms. The number of nitrogens with one attached hydrogen (secondary N) is 1. The second kappa shape index (κ2) is 8.41. The predicted octanol–water partition coefficient (Wildman–Crippen LogP) is 4.24. The van der Waals surface area contributed by atoms with Gasteiger partial charge in [0, 0.05) is 37.5 Å². The van der Waals surface area contributed by atoms with Crippen LogP contribution in [0.1, 0.15) is 28.6 Å². The van der Waals surface area contributed by atoms with Gasteiger partial charge in [0.1, 0.15) is 11.5 Å². The van der Waals surface area contributed by atoms with Gasteiger partial charge in [0.25, 0.3) is 0 Å². The number of rotatable bonds is 7. The Morgan fingerprint density at radius 1 is 1.11 bits per heavy atom.